The number of carbonyl (C=O) groups excluding carboxylic acids is 2. The van der Waals surface area contributed by atoms with Crippen molar-refractivity contribution in [1.82, 2.24) is 4.98 Å². The van der Waals surface area contributed by atoms with Crippen LogP contribution in [-0.2, 0) is 9.47 Å². The average Bonchev–Trinajstić information content (AvgIpc) is 3.41. The zero-order valence-electron chi connectivity index (χ0n) is 22.2. The zero-order chi connectivity index (χ0) is 27.3. The van der Waals surface area contributed by atoms with Gasteiger partial charge in [0, 0.05) is 42.8 Å². The summed E-state index contributed by atoms with van der Waals surface area (Å²) in [4.78, 5) is 33.4. The first kappa shape index (κ1) is 27.1. The van der Waals surface area contributed by atoms with Crippen LogP contribution in [0.25, 0.3) is 21.3 Å². The van der Waals surface area contributed by atoms with Gasteiger partial charge in [0.05, 0.1) is 29.1 Å². The average molecular weight is 533 g/mol. The van der Waals surface area contributed by atoms with E-state index in [2.05, 4.69) is 20.5 Å². The Morgan fingerprint density at radius 1 is 1.03 bits per heavy atom. The van der Waals surface area contributed by atoms with Crippen LogP contribution in [0.5, 0.6) is 0 Å². The number of rotatable bonds is 8. The van der Waals surface area contributed by atoms with Crippen molar-refractivity contribution in [2.24, 2.45) is 0 Å². The van der Waals surface area contributed by atoms with Crippen molar-refractivity contribution in [1.29, 1.82) is 0 Å². The van der Waals surface area contributed by atoms with Crippen LogP contribution in [0.2, 0.25) is 0 Å². The maximum atomic E-state index is 13.3. The molecule has 2 aromatic carbocycles. The lowest BCUT2D eigenvalue weighted by Gasteiger charge is -2.21. The first-order valence-corrected chi connectivity index (χ1v) is 13.1. The molecule has 2 N–H and O–H groups in total. The number of amides is 2. The summed E-state index contributed by atoms with van der Waals surface area (Å²) in [6, 6.07) is 17.2. The van der Waals surface area contributed by atoms with E-state index in [1.807, 2.05) is 54.9 Å². The van der Waals surface area contributed by atoms with Crippen molar-refractivity contribution in [3.8, 4) is 10.4 Å². The highest BCUT2D eigenvalue weighted by Gasteiger charge is 2.19. The molecule has 0 atom stereocenters. The molecule has 0 saturated heterocycles. The van der Waals surface area contributed by atoms with Crippen LogP contribution < -0.4 is 15.5 Å². The van der Waals surface area contributed by atoms with Crippen LogP contribution >= 0.6 is 11.3 Å². The maximum absolute atomic E-state index is 13.3. The molecule has 0 spiro atoms. The van der Waals surface area contributed by atoms with Crippen molar-refractivity contribution < 1.29 is 19.1 Å². The smallest absolute Gasteiger partial charge is 0.412 e. The monoisotopic (exact) mass is 532 g/mol. The Hall–Kier alpha value is -3.95. The number of methoxy groups -OCH3 is 1. The van der Waals surface area contributed by atoms with Crippen LogP contribution in [0.15, 0.2) is 66.2 Å². The van der Waals surface area contributed by atoms with Crippen LogP contribution in [0, 0.1) is 0 Å². The Bertz CT molecular complexity index is 1430. The van der Waals surface area contributed by atoms with Gasteiger partial charge >= 0.3 is 6.09 Å². The summed E-state index contributed by atoms with van der Waals surface area (Å²) in [6.45, 7) is 6.76. The summed E-state index contributed by atoms with van der Waals surface area (Å²) >= 11 is 1.59. The molecule has 2 heterocycles. The van der Waals surface area contributed by atoms with Crippen LogP contribution in [0.1, 0.15) is 31.1 Å². The number of hydrogen-bond acceptors (Lipinski definition) is 7. The van der Waals surface area contributed by atoms with Crippen molar-refractivity contribution >= 4 is 51.3 Å². The first-order chi connectivity index (χ1) is 18.1. The minimum Gasteiger partial charge on any atom is -0.444 e. The highest BCUT2D eigenvalue weighted by atomic mass is 32.1. The molecule has 0 aliphatic carbocycles. The number of thiophene rings is 1. The van der Waals surface area contributed by atoms with Crippen molar-refractivity contribution in [2.75, 3.05) is 42.8 Å². The number of likely N-dealkylation sites (N-methyl/N-ethyl adjacent to an activating group) is 1. The molecule has 38 heavy (non-hydrogen) atoms. The van der Waals surface area contributed by atoms with Crippen molar-refractivity contribution in [3.63, 3.8) is 0 Å². The molecule has 4 rings (SSSR count). The first-order valence-electron chi connectivity index (χ1n) is 12.2. The number of nitrogens with one attached hydrogen (secondary N) is 2. The standard InChI is InChI=1S/C29H32N4O4S/c1-29(2,3)37-28(35)32-23-11-9-20(26-7-6-14-38-26)16-25(23)31-27(34)21-15-19-8-10-22(17-24(19)30-18-21)33(4)12-13-36-5/h6-11,14-18H,12-13H2,1-5H3,(H,31,34)(H,32,35). The van der Waals surface area contributed by atoms with Gasteiger partial charge in [-0.05, 0) is 68.1 Å². The van der Waals surface area contributed by atoms with E-state index in [1.54, 1.807) is 57.5 Å². The predicted octanol–water partition coefficient (Wildman–Crippen LogP) is 6.65. The number of pyridine rings is 1. The van der Waals surface area contributed by atoms with E-state index >= 15 is 0 Å². The van der Waals surface area contributed by atoms with Gasteiger partial charge in [0.1, 0.15) is 5.60 Å². The van der Waals surface area contributed by atoms with Gasteiger partial charge in [-0.3, -0.25) is 15.1 Å². The van der Waals surface area contributed by atoms with E-state index in [1.165, 1.54) is 0 Å². The van der Waals surface area contributed by atoms with Crippen LogP contribution in [-0.4, -0.2) is 49.9 Å². The Kier molecular flexibility index (Phi) is 8.29. The van der Waals surface area contributed by atoms with E-state index in [0.717, 1.165) is 33.6 Å². The molecule has 0 saturated carbocycles. The second-order valence-electron chi connectivity index (χ2n) is 9.83. The third kappa shape index (κ3) is 6.87. The largest absolute Gasteiger partial charge is 0.444 e. The molecule has 0 aliphatic rings. The highest BCUT2D eigenvalue weighted by Crippen LogP contribution is 2.32. The van der Waals surface area contributed by atoms with E-state index < -0.39 is 11.7 Å². The van der Waals surface area contributed by atoms with E-state index in [0.29, 0.717) is 23.5 Å². The predicted molar refractivity (Wildman–Crippen MR) is 154 cm³/mol. The number of anilines is 3. The fraction of sp³-hybridized carbons (Fsp3) is 0.276. The van der Waals surface area contributed by atoms with Gasteiger partial charge in [0.25, 0.3) is 5.91 Å². The summed E-state index contributed by atoms with van der Waals surface area (Å²) < 4.78 is 10.6. The molecular formula is C29H32N4O4S. The number of aromatic nitrogens is 1. The van der Waals surface area contributed by atoms with Gasteiger partial charge in [0.2, 0.25) is 0 Å². The lowest BCUT2D eigenvalue weighted by Crippen LogP contribution is -2.27. The number of fused-ring (bicyclic) bond motifs is 1. The van der Waals surface area contributed by atoms with Gasteiger partial charge in [-0.25, -0.2) is 4.79 Å². The maximum Gasteiger partial charge on any atom is 0.412 e. The zero-order valence-corrected chi connectivity index (χ0v) is 23.0. The summed E-state index contributed by atoms with van der Waals surface area (Å²) in [5.41, 5.74) is 3.37. The highest BCUT2D eigenvalue weighted by molar-refractivity contribution is 7.13. The number of carbonyl (C=O) groups is 2. The van der Waals surface area contributed by atoms with E-state index in [9.17, 15) is 9.59 Å². The number of nitrogens with zero attached hydrogens (tertiary/aromatic N) is 2. The minimum atomic E-state index is -0.653. The Morgan fingerprint density at radius 3 is 2.55 bits per heavy atom. The van der Waals surface area contributed by atoms with E-state index in [-0.39, 0.29) is 5.91 Å². The van der Waals surface area contributed by atoms with Gasteiger partial charge < -0.3 is 19.7 Å². The molecule has 2 amide bonds. The fourth-order valence-electron chi connectivity index (χ4n) is 3.79. The van der Waals surface area contributed by atoms with Crippen LogP contribution in [0.4, 0.5) is 21.9 Å². The molecular weight excluding hydrogens is 500 g/mol. The molecule has 8 nitrogen and oxygen atoms in total. The normalized spacial score (nSPS) is 11.3. The number of hydrogen-bond donors (Lipinski definition) is 2. The van der Waals surface area contributed by atoms with Gasteiger partial charge in [-0.1, -0.05) is 18.2 Å². The molecule has 0 bridgehead atoms. The quantitative estimate of drug-likeness (QED) is 0.264. The van der Waals surface area contributed by atoms with Crippen molar-refractivity contribution in [2.45, 2.75) is 26.4 Å². The Morgan fingerprint density at radius 2 is 1.84 bits per heavy atom. The Balaban J connectivity index is 1.59. The molecule has 0 aliphatic heterocycles. The molecule has 2 aromatic heterocycles. The van der Waals surface area contributed by atoms with Gasteiger partial charge in [0.15, 0.2) is 0 Å². The third-order valence-corrected chi connectivity index (χ3v) is 6.63. The lowest BCUT2D eigenvalue weighted by atomic mass is 10.1. The minimum absolute atomic E-state index is 0.337. The summed E-state index contributed by atoms with van der Waals surface area (Å²) in [5, 5.41) is 8.54. The molecule has 9 heteroatoms. The Labute approximate surface area is 226 Å². The van der Waals surface area contributed by atoms with Crippen molar-refractivity contribution in [3.05, 3.63) is 71.7 Å². The fourth-order valence-corrected chi connectivity index (χ4v) is 4.51. The number of benzene rings is 2. The second kappa shape index (κ2) is 11.6. The molecule has 0 unspecified atom stereocenters. The van der Waals surface area contributed by atoms with Crippen LogP contribution in [0.3, 0.4) is 0 Å². The summed E-state index contributed by atoms with van der Waals surface area (Å²) in [7, 11) is 3.67. The molecule has 198 valence electrons. The van der Waals surface area contributed by atoms with Gasteiger partial charge in [-0.2, -0.15) is 0 Å². The molecule has 0 radical (unpaired) electrons. The summed E-state index contributed by atoms with van der Waals surface area (Å²) in [5.74, 6) is -0.337. The molecule has 0 fully saturated rings. The van der Waals surface area contributed by atoms with Gasteiger partial charge in [-0.15, -0.1) is 11.3 Å². The third-order valence-electron chi connectivity index (χ3n) is 5.71. The second-order valence-corrected chi connectivity index (χ2v) is 10.8. The SMILES string of the molecule is COCCN(C)c1ccc2cc(C(=O)Nc3cc(-c4cccs4)ccc3NC(=O)OC(C)(C)C)cnc2c1. The topological polar surface area (TPSA) is 92.8 Å². The summed E-state index contributed by atoms with van der Waals surface area (Å²) in [6.07, 6.45) is 0.955. The van der Waals surface area contributed by atoms with E-state index in [4.69, 9.17) is 9.47 Å². The molecule has 4 aromatic rings. The number of ether oxygens (including phenoxy) is 2. The lowest BCUT2D eigenvalue weighted by molar-refractivity contribution is 0.0635.